The number of rotatable bonds is 63. The van der Waals surface area contributed by atoms with E-state index in [2.05, 4.69) is 129 Å². The van der Waals surface area contributed by atoms with Crippen LogP contribution in [0.25, 0.3) is 0 Å². The largest absolute Gasteiger partial charge is 0.394 e. The van der Waals surface area contributed by atoms with Crippen LogP contribution in [-0.4, -0.2) is 34.9 Å². The van der Waals surface area contributed by atoms with E-state index in [1.54, 1.807) is 6.08 Å². The Hall–Kier alpha value is -3.21. The maximum absolute atomic E-state index is 12.5. The summed E-state index contributed by atoms with van der Waals surface area (Å²) < 4.78 is 0. The molecule has 460 valence electrons. The number of hydrogen-bond acceptors (Lipinski definition) is 3. The molecular formula is C76H133NO3. The smallest absolute Gasteiger partial charge is 0.220 e. The Labute approximate surface area is 499 Å². The molecule has 0 aromatic rings. The summed E-state index contributed by atoms with van der Waals surface area (Å²) >= 11 is 0. The number of hydrogen-bond donors (Lipinski definition) is 3. The van der Waals surface area contributed by atoms with Crippen molar-refractivity contribution < 1.29 is 15.0 Å². The second-order valence-corrected chi connectivity index (χ2v) is 23.2. The lowest BCUT2D eigenvalue weighted by Gasteiger charge is -2.19. The Morgan fingerprint density at radius 3 is 0.875 bits per heavy atom. The molecule has 4 heteroatoms. The van der Waals surface area contributed by atoms with E-state index in [-0.39, 0.29) is 12.5 Å². The number of nitrogens with one attached hydrogen (secondary N) is 1. The van der Waals surface area contributed by atoms with Crippen molar-refractivity contribution >= 4 is 5.91 Å². The highest BCUT2D eigenvalue weighted by atomic mass is 16.3. The molecule has 0 aromatic heterocycles. The van der Waals surface area contributed by atoms with E-state index in [9.17, 15) is 15.0 Å². The average Bonchev–Trinajstić information content (AvgIpc) is 3.46. The van der Waals surface area contributed by atoms with Gasteiger partial charge in [0.25, 0.3) is 0 Å². The third-order valence-corrected chi connectivity index (χ3v) is 15.4. The molecule has 0 saturated carbocycles. The summed E-state index contributed by atoms with van der Waals surface area (Å²) in [5.41, 5.74) is 0. The Kier molecular flexibility index (Phi) is 67.2. The van der Waals surface area contributed by atoms with Gasteiger partial charge in [-0.3, -0.25) is 4.79 Å². The fourth-order valence-corrected chi connectivity index (χ4v) is 10.2. The maximum Gasteiger partial charge on any atom is 0.220 e. The van der Waals surface area contributed by atoms with Gasteiger partial charge in [0.05, 0.1) is 18.8 Å². The van der Waals surface area contributed by atoms with Gasteiger partial charge >= 0.3 is 0 Å². The van der Waals surface area contributed by atoms with Gasteiger partial charge < -0.3 is 15.5 Å². The molecule has 0 spiro atoms. The van der Waals surface area contributed by atoms with E-state index in [0.717, 1.165) is 83.5 Å². The molecule has 0 aliphatic rings. The Morgan fingerprint density at radius 1 is 0.312 bits per heavy atom. The first-order chi connectivity index (χ1) is 39.7. The van der Waals surface area contributed by atoms with Crippen LogP contribution in [0.3, 0.4) is 0 Å². The molecule has 0 aliphatic carbocycles. The molecule has 3 N–H and O–H groups in total. The molecular weight excluding hydrogens is 975 g/mol. The minimum absolute atomic E-state index is 0.0774. The van der Waals surface area contributed by atoms with Gasteiger partial charge in [0.1, 0.15) is 0 Å². The van der Waals surface area contributed by atoms with Gasteiger partial charge in [-0.05, 0) is 103 Å². The Morgan fingerprint density at radius 2 is 0.562 bits per heavy atom. The summed E-state index contributed by atoms with van der Waals surface area (Å²) in [7, 11) is 0. The van der Waals surface area contributed by atoms with Gasteiger partial charge in [-0.25, -0.2) is 0 Å². The van der Waals surface area contributed by atoms with Gasteiger partial charge in [-0.15, -0.1) is 0 Å². The van der Waals surface area contributed by atoms with Crippen LogP contribution in [0.5, 0.6) is 0 Å². The predicted octanol–water partition coefficient (Wildman–Crippen LogP) is 23.9. The summed E-state index contributed by atoms with van der Waals surface area (Å²) in [6.45, 7) is 4.20. The fraction of sp³-hybridized carbons (Fsp3) is 0.724. The van der Waals surface area contributed by atoms with Crippen molar-refractivity contribution in [1.29, 1.82) is 0 Å². The van der Waals surface area contributed by atoms with Crippen LogP contribution in [0.15, 0.2) is 122 Å². The zero-order valence-corrected chi connectivity index (χ0v) is 53.1. The monoisotopic (exact) mass is 1110 g/mol. The molecule has 0 bridgehead atoms. The number of carbonyl (C=O) groups is 1. The van der Waals surface area contributed by atoms with Crippen molar-refractivity contribution in [1.82, 2.24) is 5.32 Å². The lowest BCUT2D eigenvalue weighted by Crippen LogP contribution is -2.45. The molecule has 4 nitrogen and oxygen atoms in total. The second-order valence-electron chi connectivity index (χ2n) is 23.2. The lowest BCUT2D eigenvalue weighted by molar-refractivity contribution is -0.123. The summed E-state index contributed by atoms with van der Waals surface area (Å²) in [5, 5.41) is 23.3. The summed E-state index contributed by atoms with van der Waals surface area (Å²) in [6.07, 6.45) is 107. The number of aliphatic hydroxyl groups excluding tert-OH is 2. The molecule has 2 unspecified atom stereocenters. The zero-order valence-electron chi connectivity index (χ0n) is 53.1. The highest BCUT2D eigenvalue weighted by molar-refractivity contribution is 5.76. The zero-order chi connectivity index (χ0) is 57.6. The summed E-state index contributed by atoms with van der Waals surface area (Å²) in [6, 6.07) is -0.653. The van der Waals surface area contributed by atoms with Gasteiger partial charge in [-0.1, -0.05) is 347 Å². The molecule has 0 fully saturated rings. The Balaban J connectivity index is 3.54. The van der Waals surface area contributed by atoms with Crippen molar-refractivity contribution in [3.8, 4) is 0 Å². The second kappa shape index (κ2) is 70.1. The van der Waals surface area contributed by atoms with Crippen LogP contribution in [0.1, 0.15) is 335 Å². The first-order valence-corrected chi connectivity index (χ1v) is 34.7. The molecule has 0 aromatic carbocycles. The fourth-order valence-electron chi connectivity index (χ4n) is 10.2. The van der Waals surface area contributed by atoms with Crippen LogP contribution in [0.4, 0.5) is 0 Å². The molecule has 0 rings (SSSR count). The van der Waals surface area contributed by atoms with Crippen LogP contribution in [0, 0.1) is 0 Å². The first kappa shape index (κ1) is 76.8. The van der Waals surface area contributed by atoms with Crippen LogP contribution < -0.4 is 5.32 Å². The van der Waals surface area contributed by atoms with E-state index in [1.807, 2.05) is 6.08 Å². The lowest BCUT2D eigenvalue weighted by atomic mass is 10.0. The molecule has 1 amide bonds. The number of carbonyl (C=O) groups excluding carboxylic acids is 1. The highest BCUT2D eigenvalue weighted by Crippen LogP contribution is 2.17. The van der Waals surface area contributed by atoms with Gasteiger partial charge in [0, 0.05) is 6.42 Å². The summed E-state index contributed by atoms with van der Waals surface area (Å²) in [4.78, 5) is 12.5. The minimum Gasteiger partial charge on any atom is -0.394 e. The van der Waals surface area contributed by atoms with Crippen LogP contribution >= 0.6 is 0 Å². The van der Waals surface area contributed by atoms with Crippen molar-refractivity contribution in [3.05, 3.63) is 122 Å². The third kappa shape index (κ3) is 65.6. The van der Waals surface area contributed by atoms with E-state index in [1.165, 1.54) is 231 Å². The molecule has 2 atom stereocenters. The van der Waals surface area contributed by atoms with Crippen LogP contribution in [0.2, 0.25) is 0 Å². The van der Waals surface area contributed by atoms with E-state index in [4.69, 9.17) is 0 Å². The van der Waals surface area contributed by atoms with E-state index < -0.39 is 12.1 Å². The van der Waals surface area contributed by atoms with Crippen molar-refractivity contribution in [2.45, 2.75) is 347 Å². The first-order valence-electron chi connectivity index (χ1n) is 34.7. The predicted molar refractivity (Wildman–Crippen MR) is 359 cm³/mol. The maximum atomic E-state index is 12.5. The third-order valence-electron chi connectivity index (χ3n) is 15.4. The molecule has 0 radical (unpaired) electrons. The van der Waals surface area contributed by atoms with Gasteiger partial charge in [-0.2, -0.15) is 0 Å². The van der Waals surface area contributed by atoms with Crippen molar-refractivity contribution in [2.24, 2.45) is 0 Å². The van der Waals surface area contributed by atoms with Crippen LogP contribution in [-0.2, 0) is 4.79 Å². The molecule has 0 heterocycles. The van der Waals surface area contributed by atoms with Crippen molar-refractivity contribution in [2.75, 3.05) is 6.61 Å². The summed E-state index contributed by atoms with van der Waals surface area (Å²) in [5.74, 6) is -0.0774. The highest BCUT2D eigenvalue weighted by Gasteiger charge is 2.18. The molecule has 0 saturated heterocycles. The molecule has 0 aliphatic heterocycles. The number of amides is 1. The average molecular weight is 1110 g/mol. The quantitative estimate of drug-likeness (QED) is 0.0420. The topological polar surface area (TPSA) is 69.6 Å². The SMILES string of the molecule is CC/C=C\C/C=C\C/C=C\C/C=C\C/C=C\C/C=C\C/C=C\CCCCCCCCCCCCCCCCCCCC(=O)NC(CO)C(O)/C=C/CC/C=C/CC/C=C/CCCCCCCCCCCCCCCCCCCCC. The van der Waals surface area contributed by atoms with Crippen molar-refractivity contribution in [3.63, 3.8) is 0 Å². The van der Waals surface area contributed by atoms with Gasteiger partial charge in [0.15, 0.2) is 0 Å². The normalized spacial score (nSPS) is 13.5. The number of unbranched alkanes of at least 4 members (excludes halogenated alkanes) is 38. The molecule has 80 heavy (non-hydrogen) atoms. The Bertz CT molecular complexity index is 1540. The number of allylic oxidation sites excluding steroid dienone is 19. The van der Waals surface area contributed by atoms with E-state index >= 15 is 0 Å². The standard InChI is InChI=1S/C76H133NO3/c1-3-5-7-9-11-13-15-17-19-21-23-25-27-29-31-33-34-35-36-37-38-39-40-41-42-44-46-48-50-52-54-56-58-60-62-64-66-68-70-72-76(80)77-74(73-78)75(79)71-69-67-65-63-61-59-57-55-53-51-49-47-45-43-32-30-28-26-24-22-20-18-16-14-12-10-8-6-4-2/h5,7,11,13,17,19,23,25,29,31,34-35,37-38,53,55,61,63,69,71,74-75,78-79H,3-4,6,8-10,12,14-16,18,20-22,24,26-28,30,32-33,36,39-52,54,56-60,62,64-68,70,72-73H2,1-2H3,(H,77,80)/b7-5-,13-11-,19-17-,25-23-,31-29-,35-34-,38-37-,55-53+,63-61+,71-69+. The minimum atomic E-state index is -0.878. The number of aliphatic hydroxyl groups is 2. The van der Waals surface area contributed by atoms with E-state index in [0.29, 0.717) is 6.42 Å². The van der Waals surface area contributed by atoms with Gasteiger partial charge in [0.2, 0.25) is 5.91 Å².